The largest absolute Gasteiger partial charge is 0.392 e. The first-order chi connectivity index (χ1) is 10.6. The zero-order valence-electron chi connectivity index (χ0n) is 14.1. The Morgan fingerprint density at radius 3 is 2.50 bits per heavy atom. The molecule has 1 fully saturated rings. The van der Waals surface area contributed by atoms with Gasteiger partial charge < -0.3 is 10.0 Å². The number of carbonyl (C=O) groups excluding carboxylic acids is 1. The lowest BCUT2D eigenvalue weighted by Crippen LogP contribution is -2.51. The first-order valence-corrected chi connectivity index (χ1v) is 8.72. The van der Waals surface area contributed by atoms with Crippen LogP contribution in [0.1, 0.15) is 39.5 Å². The van der Waals surface area contributed by atoms with Crippen molar-refractivity contribution in [1.29, 1.82) is 0 Å². The zero-order valence-corrected chi connectivity index (χ0v) is 14.1. The maximum Gasteiger partial charge on any atom is 0.240 e. The number of amides is 1. The van der Waals surface area contributed by atoms with Gasteiger partial charge in [-0.05, 0) is 39.5 Å². The molecule has 0 radical (unpaired) electrons. The Kier molecular flexibility index (Phi) is 6.86. The van der Waals surface area contributed by atoms with E-state index in [2.05, 4.69) is 22.8 Å². The number of hydrogen-bond donors (Lipinski definition) is 1. The fraction of sp³-hybridized carbons (Fsp3) is 0.824. The second-order valence-electron chi connectivity index (χ2n) is 6.51. The number of aliphatic hydroxyl groups is 1. The van der Waals surface area contributed by atoms with Gasteiger partial charge in [-0.25, -0.2) is 0 Å². The lowest BCUT2D eigenvalue weighted by Gasteiger charge is -2.36. The van der Waals surface area contributed by atoms with Crippen LogP contribution in [0.15, 0.2) is 11.8 Å². The Bertz CT molecular complexity index is 387. The van der Waals surface area contributed by atoms with Crippen LogP contribution in [-0.2, 0) is 4.79 Å². The fourth-order valence-corrected chi connectivity index (χ4v) is 3.39. The highest BCUT2D eigenvalue weighted by Crippen LogP contribution is 2.21. The van der Waals surface area contributed by atoms with Crippen LogP contribution in [-0.4, -0.2) is 77.6 Å². The summed E-state index contributed by atoms with van der Waals surface area (Å²) in [5, 5.41) is 9.44. The number of aliphatic hydroxyl groups excluding tert-OH is 1. The highest BCUT2D eigenvalue weighted by Gasteiger charge is 2.23. The summed E-state index contributed by atoms with van der Waals surface area (Å²) < 4.78 is 0. The van der Waals surface area contributed by atoms with Crippen molar-refractivity contribution in [2.75, 3.05) is 45.8 Å². The highest BCUT2D eigenvalue weighted by molar-refractivity contribution is 5.80. The number of nitrogens with zero attached hydrogens (tertiary/aromatic N) is 3. The second kappa shape index (κ2) is 8.65. The molecule has 2 aliphatic rings. The number of β-amino-alcohol motifs (C(OH)–C–C–N with tert-alkyl or cyclic N) is 1. The van der Waals surface area contributed by atoms with E-state index in [1.54, 1.807) is 0 Å². The van der Waals surface area contributed by atoms with Crippen molar-refractivity contribution in [3.05, 3.63) is 11.8 Å². The zero-order chi connectivity index (χ0) is 15.9. The molecule has 22 heavy (non-hydrogen) atoms. The van der Waals surface area contributed by atoms with Crippen LogP contribution in [0.3, 0.4) is 0 Å². The summed E-state index contributed by atoms with van der Waals surface area (Å²) in [7, 11) is 0. The van der Waals surface area contributed by atoms with Gasteiger partial charge >= 0.3 is 0 Å². The molecule has 5 nitrogen and oxygen atoms in total. The summed E-state index contributed by atoms with van der Waals surface area (Å²) >= 11 is 0. The van der Waals surface area contributed by atoms with E-state index in [4.69, 9.17) is 0 Å². The molecule has 0 unspecified atom stereocenters. The normalized spacial score (nSPS) is 22.2. The minimum absolute atomic E-state index is 0.236. The topological polar surface area (TPSA) is 47.0 Å². The van der Waals surface area contributed by atoms with Gasteiger partial charge in [0.15, 0.2) is 0 Å². The molecule has 1 aliphatic carbocycles. The standard InChI is InChI=1S/C17H31N3O2/c1-3-20(16-7-5-4-6-8-16)17(22)14-19-11-9-18(10-12-19)13-15(2)21/h7,15,21H,3-6,8-14H2,1-2H3/t15-/m1/s1. The van der Waals surface area contributed by atoms with Crippen molar-refractivity contribution in [3.8, 4) is 0 Å². The van der Waals surface area contributed by atoms with E-state index in [1.807, 2.05) is 11.8 Å². The van der Waals surface area contributed by atoms with E-state index >= 15 is 0 Å². The lowest BCUT2D eigenvalue weighted by molar-refractivity contribution is -0.131. The Morgan fingerprint density at radius 1 is 1.27 bits per heavy atom. The first-order valence-electron chi connectivity index (χ1n) is 8.72. The van der Waals surface area contributed by atoms with Gasteiger partial charge in [-0.15, -0.1) is 0 Å². The molecule has 1 saturated heterocycles. The Morgan fingerprint density at radius 2 is 1.95 bits per heavy atom. The molecule has 1 N–H and O–H groups in total. The third kappa shape index (κ3) is 5.07. The van der Waals surface area contributed by atoms with Gasteiger partial charge in [-0.2, -0.15) is 0 Å². The van der Waals surface area contributed by atoms with E-state index < -0.39 is 0 Å². The summed E-state index contributed by atoms with van der Waals surface area (Å²) in [5.41, 5.74) is 1.23. The molecule has 2 rings (SSSR count). The van der Waals surface area contributed by atoms with Crippen LogP contribution in [0.5, 0.6) is 0 Å². The molecule has 1 aliphatic heterocycles. The SMILES string of the molecule is CCN(C(=O)CN1CCN(C[C@@H](C)O)CC1)C1=CCCCC1. The number of allylic oxidation sites excluding steroid dienone is 2. The fourth-order valence-electron chi connectivity index (χ4n) is 3.39. The van der Waals surface area contributed by atoms with Gasteiger partial charge in [0.2, 0.25) is 5.91 Å². The van der Waals surface area contributed by atoms with E-state index in [9.17, 15) is 9.90 Å². The Hall–Kier alpha value is -0.910. The molecule has 0 bridgehead atoms. The number of likely N-dealkylation sites (N-methyl/N-ethyl adjacent to an activating group) is 1. The summed E-state index contributed by atoms with van der Waals surface area (Å²) in [6, 6.07) is 0. The maximum atomic E-state index is 12.6. The molecule has 0 spiro atoms. The highest BCUT2D eigenvalue weighted by atomic mass is 16.3. The molecule has 126 valence electrons. The van der Waals surface area contributed by atoms with E-state index in [1.165, 1.54) is 18.5 Å². The van der Waals surface area contributed by atoms with Crippen LogP contribution >= 0.6 is 0 Å². The molecular formula is C17H31N3O2. The molecule has 0 saturated carbocycles. The average Bonchev–Trinajstić information content (AvgIpc) is 2.50. The van der Waals surface area contributed by atoms with E-state index in [0.717, 1.165) is 52.1 Å². The molecule has 0 aromatic heterocycles. The minimum Gasteiger partial charge on any atom is -0.392 e. The first kappa shape index (κ1) is 17.4. The third-order valence-corrected chi connectivity index (χ3v) is 4.58. The van der Waals surface area contributed by atoms with Crippen molar-refractivity contribution < 1.29 is 9.90 Å². The van der Waals surface area contributed by atoms with Crippen LogP contribution in [0.25, 0.3) is 0 Å². The van der Waals surface area contributed by atoms with Gasteiger partial charge in [0.1, 0.15) is 0 Å². The summed E-state index contributed by atoms with van der Waals surface area (Å²) in [6.45, 7) is 9.61. The number of hydrogen-bond acceptors (Lipinski definition) is 4. The number of piperazine rings is 1. The monoisotopic (exact) mass is 309 g/mol. The molecular weight excluding hydrogens is 278 g/mol. The van der Waals surface area contributed by atoms with E-state index in [0.29, 0.717) is 6.54 Å². The van der Waals surface area contributed by atoms with Crippen molar-refractivity contribution >= 4 is 5.91 Å². The van der Waals surface area contributed by atoms with Crippen molar-refractivity contribution in [1.82, 2.24) is 14.7 Å². The number of rotatable bonds is 6. The minimum atomic E-state index is -0.276. The molecule has 0 aromatic rings. The average molecular weight is 309 g/mol. The van der Waals surface area contributed by atoms with Gasteiger partial charge in [0, 0.05) is 45.0 Å². The Labute approximate surface area is 134 Å². The smallest absolute Gasteiger partial charge is 0.240 e. The van der Waals surface area contributed by atoms with Crippen LogP contribution in [0, 0.1) is 0 Å². The summed E-state index contributed by atoms with van der Waals surface area (Å²) in [6.07, 6.45) is 6.57. The molecule has 0 aromatic carbocycles. The van der Waals surface area contributed by atoms with Gasteiger partial charge in [0.25, 0.3) is 0 Å². The van der Waals surface area contributed by atoms with Crippen LogP contribution in [0.2, 0.25) is 0 Å². The quantitative estimate of drug-likeness (QED) is 0.803. The summed E-state index contributed by atoms with van der Waals surface area (Å²) in [5.74, 6) is 0.236. The predicted molar refractivity (Wildman–Crippen MR) is 88.5 cm³/mol. The number of carbonyl (C=O) groups is 1. The predicted octanol–water partition coefficient (Wildman–Crippen LogP) is 1.29. The molecule has 1 heterocycles. The van der Waals surface area contributed by atoms with Gasteiger partial charge in [-0.3, -0.25) is 14.6 Å². The van der Waals surface area contributed by atoms with E-state index in [-0.39, 0.29) is 12.0 Å². The van der Waals surface area contributed by atoms with Crippen molar-refractivity contribution in [3.63, 3.8) is 0 Å². The molecule has 1 atom stereocenters. The third-order valence-electron chi connectivity index (χ3n) is 4.58. The Balaban J connectivity index is 1.80. The van der Waals surface area contributed by atoms with Crippen molar-refractivity contribution in [2.45, 2.75) is 45.6 Å². The molecule has 5 heteroatoms. The maximum absolute atomic E-state index is 12.6. The van der Waals surface area contributed by atoms with Gasteiger partial charge in [0.05, 0.1) is 12.6 Å². The summed E-state index contributed by atoms with van der Waals surface area (Å²) in [4.78, 5) is 19.1. The van der Waals surface area contributed by atoms with Crippen LogP contribution in [0.4, 0.5) is 0 Å². The van der Waals surface area contributed by atoms with Crippen LogP contribution < -0.4 is 0 Å². The molecule has 1 amide bonds. The van der Waals surface area contributed by atoms with Crippen molar-refractivity contribution in [2.24, 2.45) is 0 Å². The lowest BCUT2D eigenvalue weighted by atomic mass is 10.0. The second-order valence-corrected chi connectivity index (χ2v) is 6.51. The van der Waals surface area contributed by atoms with Gasteiger partial charge in [-0.1, -0.05) is 6.08 Å².